The van der Waals surface area contributed by atoms with Crippen molar-refractivity contribution < 1.29 is 4.84 Å². The number of rotatable bonds is 0. The molecule has 1 saturated heterocycles. The molecule has 4 nitrogen and oxygen atoms in total. The molecule has 1 aliphatic rings. The SMILES string of the molecule is CN1CC(=N)ON1. The fraction of sp³-hybridized carbons (Fsp3) is 0.667. The van der Waals surface area contributed by atoms with E-state index < -0.39 is 0 Å². The standard InChI is InChI=1S/C3H7N3O/c1-6-2-3(4)7-5-6/h4-5H,2H2,1H3. The third kappa shape index (κ3) is 0.880. The minimum atomic E-state index is 0.266. The fourth-order valence-electron chi connectivity index (χ4n) is 0.413. The van der Waals surface area contributed by atoms with Gasteiger partial charge in [0, 0.05) is 7.05 Å². The van der Waals surface area contributed by atoms with Crippen molar-refractivity contribution in [2.75, 3.05) is 13.6 Å². The van der Waals surface area contributed by atoms with Crippen molar-refractivity contribution in [3.05, 3.63) is 0 Å². The number of likely N-dealkylation sites (N-methyl/N-ethyl adjacent to an activating group) is 1. The maximum Gasteiger partial charge on any atom is 0.224 e. The first-order valence-corrected chi connectivity index (χ1v) is 2.00. The zero-order valence-electron chi connectivity index (χ0n) is 4.06. The van der Waals surface area contributed by atoms with Crippen LogP contribution in [0.15, 0.2) is 0 Å². The van der Waals surface area contributed by atoms with E-state index in [9.17, 15) is 0 Å². The van der Waals surface area contributed by atoms with Crippen LogP contribution in [0, 0.1) is 5.41 Å². The van der Waals surface area contributed by atoms with E-state index >= 15 is 0 Å². The maximum absolute atomic E-state index is 6.85. The number of nitrogens with one attached hydrogen (secondary N) is 2. The van der Waals surface area contributed by atoms with E-state index in [0.29, 0.717) is 6.54 Å². The monoisotopic (exact) mass is 101 g/mol. The minimum absolute atomic E-state index is 0.266. The first-order chi connectivity index (χ1) is 3.29. The van der Waals surface area contributed by atoms with Gasteiger partial charge in [-0.15, -0.1) is 0 Å². The molecule has 0 radical (unpaired) electrons. The third-order valence-electron chi connectivity index (χ3n) is 0.705. The highest BCUT2D eigenvalue weighted by Crippen LogP contribution is 1.87. The summed E-state index contributed by atoms with van der Waals surface area (Å²) in [6.07, 6.45) is 0. The third-order valence-corrected chi connectivity index (χ3v) is 0.705. The molecule has 0 saturated carbocycles. The second kappa shape index (κ2) is 1.48. The highest BCUT2D eigenvalue weighted by molar-refractivity contribution is 5.75. The Morgan fingerprint density at radius 1 is 2.00 bits per heavy atom. The average Bonchev–Trinajstić information content (AvgIpc) is 1.87. The molecule has 0 aliphatic carbocycles. The summed E-state index contributed by atoms with van der Waals surface area (Å²) in [5, 5.41) is 8.54. The lowest BCUT2D eigenvalue weighted by molar-refractivity contribution is 0.0760. The number of hydrazine groups is 1. The lowest BCUT2D eigenvalue weighted by Gasteiger charge is -1.98. The Morgan fingerprint density at radius 2 is 2.71 bits per heavy atom. The number of hydrogen-bond acceptors (Lipinski definition) is 4. The van der Waals surface area contributed by atoms with Crippen molar-refractivity contribution in [3.63, 3.8) is 0 Å². The lowest BCUT2D eigenvalue weighted by Crippen LogP contribution is -2.24. The first-order valence-electron chi connectivity index (χ1n) is 2.00. The summed E-state index contributed by atoms with van der Waals surface area (Å²) < 4.78 is 0. The second-order valence-corrected chi connectivity index (χ2v) is 1.47. The van der Waals surface area contributed by atoms with Gasteiger partial charge < -0.3 is 4.84 Å². The van der Waals surface area contributed by atoms with Crippen LogP contribution in [0.25, 0.3) is 0 Å². The van der Waals surface area contributed by atoms with E-state index in [4.69, 9.17) is 5.41 Å². The molecule has 0 amide bonds. The summed E-state index contributed by atoms with van der Waals surface area (Å²) in [5.41, 5.74) is 2.48. The van der Waals surface area contributed by atoms with Crippen LogP contribution >= 0.6 is 0 Å². The molecular formula is C3H7N3O. The van der Waals surface area contributed by atoms with E-state index in [2.05, 4.69) is 10.4 Å². The molecule has 40 valence electrons. The van der Waals surface area contributed by atoms with Gasteiger partial charge in [0.15, 0.2) is 0 Å². The normalized spacial score (nSPS) is 22.7. The maximum atomic E-state index is 6.85. The predicted octanol–water partition coefficient (Wildman–Crippen LogP) is -0.655. The van der Waals surface area contributed by atoms with Gasteiger partial charge in [-0.25, -0.2) is 5.01 Å². The molecule has 0 aromatic heterocycles. The highest BCUT2D eigenvalue weighted by Gasteiger charge is 2.11. The summed E-state index contributed by atoms with van der Waals surface area (Å²) in [6, 6.07) is 0. The zero-order chi connectivity index (χ0) is 5.28. The number of hydrogen-bond donors (Lipinski definition) is 2. The molecular weight excluding hydrogens is 94.1 g/mol. The van der Waals surface area contributed by atoms with Crippen LogP contribution in [0.5, 0.6) is 0 Å². The zero-order valence-corrected chi connectivity index (χ0v) is 4.06. The average molecular weight is 101 g/mol. The van der Waals surface area contributed by atoms with E-state index in [1.54, 1.807) is 5.01 Å². The molecule has 7 heavy (non-hydrogen) atoms. The van der Waals surface area contributed by atoms with Gasteiger partial charge in [0.05, 0.1) is 6.54 Å². The summed E-state index contributed by atoms with van der Waals surface area (Å²) in [4.78, 5) is 4.52. The van der Waals surface area contributed by atoms with Crippen LogP contribution in [0.4, 0.5) is 0 Å². The van der Waals surface area contributed by atoms with Crippen molar-refractivity contribution in [2.24, 2.45) is 0 Å². The predicted molar refractivity (Wildman–Crippen MR) is 24.6 cm³/mol. The Bertz CT molecular complexity index is 92.2. The van der Waals surface area contributed by atoms with Crippen molar-refractivity contribution in [3.8, 4) is 0 Å². The van der Waals surface area contributed by atoms with Crippen LogP contribution in [-0.2, 0) is 4.84 Å². The Morgan fingerprint density at radius 3 is 2.86 bits per heavy atom. The minimum Gasteiger partial charge on any atom is -0.377 e. The van der Waals surface area contributed by atoms with E-state index in [0.717, 1.165) is 0 Å². The molecule has 0 spiro atoms. The van der Waals surface area contributed by atoms with Crippen molar-refractivity contribution in [2.45, 2.75) is 0 Å². The summed E-state index contributed by atoms with van der Waals surface area (Å²) in [5.74, 6) is 0.266. The van der Waals surface area contributed by atoms with E-state index in [1.807, 2.05) is 7.05 Å². The Hall–Kier alpha value is -0.610. The van der Waals surface area contributed by atoms with Crippen LogP contribution < -0.4 is 5.59 Å². The Kier molecular flexibility index (Phi) is 0.958. The van der Waals surface area contributed by atoms with Gasteiger partial charge in [-0.2, -0.15) is 0 Å². The molecule has 0 aromatic rings. The molecule has 0 bridgehead atoms. The van der Waals surface area contributed by atoms with Crippen LogP contribution in [-0.4, -0.2) is 24.5 Å². The van der Waals surface area contributed by atoms with Crippen LogP contribution in [0.2, 0.25) is 0 Å². The Balaban J connectivity index is 2.40. The van der Waals surface area contributed by atoms with Crippen molar-refractivity contribution in [1.29, 1.82) is 5.41 Å². The smallest absolute Gasteiger partial charge is 0.224 e. The fourth-order valence-corrected chi connectivity index (χ4v) is 0.413. The van der Waals surface area contributed by atoms with Crippen molar-refractivity contribution in [1.82, 2.24) is 10.6 Å². The largest absolute Gasteiger partial charge is 0.377 e. The van der Waals surface area contributed by atoms with E-state index in [1.165, 1.54) is 0 Å². The van der Waals surface area contributed by atoms with Gasteiger partial charge in [0.1, 0.15) is 0 Å². The van der Waals surface area contributed by atoms with Gasteiger partial charge in [-0.3, -0.25) is 5.41 Å². The van der Waals surface area contributed by atoms with Gasteiger partial charge >= 0.3 is 0 Å². The lowest BCUT2D eigenvalue weighted by atomic mass is 10.6. The molecule has 4 heteroatoms. The van der Waals surface area contributed by atoms with Gasteiger partial charge in [-0.05, 0) is 0 Å². The van der Waals surface area contributed by atoms with Crippen molar-refractivity contribution >= 4 is 5.90 Å². The molecule has 1 aliphatic heterocycles. The van der Waals surface area contributed by atoms with Gasteiger partial charge in [0.2, 0.25) is 5.90 Å². The molecule has 1 fully saturated rings. The van der Waals surface area contributed by atoms with Crippen LogP contribution in [0.1, 0.15) is 0 Å². The highest BCUT2D eigenvalue weighted by atomic mass is 16.7. The Labute approximate surface area is 41.5 Å². The first kappa shape index (κ1) is 4.55. The molecule has 2 N–H and O–H groups in total. The molecule has 1 heterocycles. The topological polar surface area (TPSA) is 48.4 Å². The van der Waals surface area contributed by atoms with Gasteiger partial charge in [-0.1, -0.05) is 5.59 Å². The second-order valence-electron chi connectivity index (χ2n) is 1.47. The molecule has 1 rings (SSSR count). The summed E-state index contributed by atoms with van der Waals surface area (Å²) in [7, 11) is 1.81. The molecule has 0 unspecified atom stereocenters. The number of nitrogens with zero attached hydrogens (tertiary/aromatic N) is 1. The summed E-state index contributed by atoms with van der Waals surface area (Å²) in [6.45, 7) is 0.556. The molecule has 0 atom stereocenters. The van der Waals surface area contributed by atoms with Gasteiger partial charge in [0.25, 0.3) is 0 Å². The van der Waals surface area contributed by atoms with Crippen LogP contribution in [0.3, 0.4) is 0 Å². The quantitative estimate of drug-likeness (QED) is 0.426. The summed E-state index contributed by atoms with van der Waals surface area (Å²) >= 11 is 0. The molecule has 0 aromatic carbocycles. The van der Waals surface area contributed by atoms with E-state index in [-0.39, 0.29) is 5.90 Å².